The van der Waals surface area contributed by atoms with Crippen molar-refractivity contribution in [3.8, 4) is 6.07 Å². The summed E-state index contributed by atoms with van der Waals surface area (Å²) >= 11 is 0. The van der Waals surface area contributed by atoms with Gasteiger partial charge < -0.3 is 5.32 Å². The molecule has 130 valence electrons. The minimum absolute atomic E-state index is 0.0478. The van der Waals surface area contributed by atoms with E-state index in [9.17, 15) is 13.2 Å². The van der Waals surface area contributed by atoms with Crippen LogP contribution in [0.1, 0.15) is 19.4 Å². The van der Waals surface area contributed by atoms with Crippen LogP contribution in [0.4, 0.5) is 0 Å². The number of nitriles is 1. The van der Waals surface area contributed by atoms with Crippen LogP contribution < -0.4 is 5.32 Å². The van der Waals surface area contributed by atoms with Gasteiger partial charge in [-0.15, -0.1) is 0 Å². The van der Waals surface area contributed by atoms with Gasteiger partial charge in [0.2, 0.25) is 15.9 Å². The fourth-order valence-electron chi connectivity index (χ4n) is 2.55. The predicted molar refractivity (Wildman–Crippen MR) is 89.6 cm³/mol. The molecule has 0 unspecified atom stereocenters. The van der Waals surface area contributed by atoms with E-state index in [1.165, 1.54) is 28.6 Å². The first-order chi connectivity index (χ1) is 11.3. The van der Waals surface area contributed by atoms with Crippen LogP contribution in [0.2, 0.25) is 0 Å². The molecule has 1 N–H and O–H groups in total. The Bertz CT molecular complexity index is 715. The first-order valence-corrected chi connectivity index (χ1v) is 9.29. The molecule has 0 aromatic heterocycles. The molecule has 0 bridgehead atoms. The Labute approximate surface area is 142 Å². The second-order valence-electron chi connectivity index (χ2n) is 6.04. The molecule has 1 heterocycles. The van der Waals surface area contributed by atoms with Crippen molar-refractivity contribution in [3.05, 3.63) is 29.8 Å². The smallest absolute Gasteiger partial charge is 0.243 e. The van der Waals surface area contributed by atoms with Crippen molar-refractivity contribution in [2.45, 2.75) is 24.8 Å². The lowest BCUT2D eigenvalue weighted by molar-refractivity contribution is -0.123. The third kappa shape index (κ3) is 4.54. The van der Waals surface area contributed by atoms with Gasteiger partial charge >= 0.3 is 0 Å². The maximum atomic E-state index is 12.6. The van der Waals surface area contributed by atoms with E-state index in [1.54, 1.807) is 0 Å². The number of hydrogen-bond donors (Lipinski definition) is 1. The Morgan fingerprint density at radius 2 is 1.79 bits per heavy atom. The molecule has 1 aromatic carbocycles. The maximum Gasteiger partial charge on any atom is 0.243 e. The number of rotatable bonds is 5. The van der Waals surface area contributed by atoms with Crippen LogP contribution in [-0.2, 0) is 14.8 Å². The zero-order valence-corrected chi connectivity index (χ0v) is 14.7. The number of amides is 1. The van der Waals surface area contributed by atoms with Crippen LogP contribution in [-0.4, -0.2) is 62.3 Å². The number of carbonyl (C=O) groups is 1. The quantitative estimate of drug-likeness (QED) is 0.829. The molecule has 7 nitrogen and oxygen atoms in total. The number of nitrogens with zero attached hydrogens (tertiary/aromatic N) is 3. The largest absolute Gasteiger partial charge is 0.353 e. The molecule has 1 amide bonds. The molecule has 24 heavy (non-hydrogen) atoms. The zero-order valence-electron chi connectivity index (χ0n) is 13.9. The summed E-state index contributed by atoms with van der Waals surface area (Å²) in [6, 6.07) is 7.97. The summed E-state index contributed by atoms with van der Waals surface area (Å²) in [7, 11) is -3.56. The van der Waals surface area contributed by atoms with E-state index in [2.05, 4.69) is 5.32 Å². The number of nitrogens with one attached hydrogen (secondary N) is 1. The highest BCUT2D eigenvalue weighted by molar-refractivity contribution is 7.89. The lowest BCUT2D eigenvalue weighted by Gasteiger charge is -2.33. The van der Waals surface area contributed by atoms with Gasteiger partial charge in [0.15, 0.2) is 0 Å². The summed E-state index contributed by atoms with van der Waals surface area (Å²) in [5.41, 5.74) is 0.426. The van der Waals surface area contributed by atoms with Crippen molar-refractivity contribution < 1.29 is 13.2 Å². The molecule has 1 fully saturated rings. The lowest BCUT2D eigenvalue weighted by Crippen LogP contribution is -2.51. The van der Waals surface area contributed by atoms with E-state index < -0.39 is 10.0 Å². The second kappa shape index (κ2) is 7.75. The van der Waals surface area contributed by atoms with Crippen LogP contribution in [0.5, 0.6) is 0 Å². The summed E-state index contributed by atoms with van der Waals surface area (Å²) in [5.74, 6) is -0.0478. The summed E-state index contributed by atoms with van der Waals surface area (Å²) in [5, 5.41) is 11.6. The third-order valence-electron chi connectivity index (χ3n) is 3.77. The summed E-state index contributed by atoms with van der Waals surface area (Å²) in [4.78, 5) is 13.9. The lowest BCUT2D eigenvalue weighted by atomic mass is 10.2. The van der Waals surface area contributed by atoms with E-state index in [-0.39, 0.29) is 23.4 Å². The number of hydrogen-bond acceptors (Lipinski definition) is 5. The molecule has 0 aliphatic carbocycles. The second-order valence-corrected chi connectivity index (χ2v) is 7.98. The fourth-order valence-corrected chi connectivity index (χ4v) is 3.97. The van der Waals surface area contributed by atoms with E-state index >= 15 is 0 Å². The highest BCUT2D eigenvalue weighted by atomic mass is 32.2. The Balaban J connectivity index is 1.95. The zero-order chi connectivity index (χ0) is 17.7. The summed E-state index contributed by atoms with van der Waals surface area (Å²) < 4.78 is 26.6. The standard InChI is InChI=1S/C16H22N4O3S/c1-13(2)18-16(21)12-19-7-9-20(10-8-19)24(22,23)15-5-3-14(11-17)4-6-15/h3-6,13H,7-10,12H2,1-2H3,(H,18,21). The van der Waals surface area contributed by atoms with Crippen molar-refractivity contribution in [1.82, 2.24) is 14.5 Å². The molecule has 0 atom stereocenters. The number of benzene rings is 1. The molecule has 0 saturated carbocycles. The fraction of sp³-hybridized carbons (Fsp3) is 0.500. The molecule has 8 heteroatoms. The Hall–Kier alpha value is -1.95. The van der Waals surface area contributed by atoms with Gasteiger partial charge in [0.05, 0.1) is 23.1 Å². The van der Waals surface area contributed by atoms with Gasteiger partial charge in [-0.1, -0.05) is 0 Å². The van der Waals surface area contributed by atoms with E-state index in [1.807, 2.05) is 24.8 Å². The number of piperazine rings is 1. The Kier molecular flexibility index (Phi) is 5.94. The first kappa shape index (κ1) is 18.4. The predicted octanol–water partition coefficient (Wildman–Crippen LogP) is 0.389. The van der Waals surface area contributed by atoms with E-state index in [0.29, 0.717) is 31.7 Å². The molecule has 2 rings (SSSR count). The molecule has 1 saturated heterocycles. The van der Waals surface area contributed by atoms with E-state index in [0.717, 1.165) is 0 Å². The van der Waals surface area contributed by atoms with Crippen LogP contribution >= 0.6 is 0 Å². The molecule has 1 aliphatic heterocycles. The van der Waals surface area contributed by atoms with Crippen LogP contribution in [0.3, 0.4) is 0 Å². The molecule has 0 spiro atoms. The highest BCUT2D eigenvalue weighted by Crippen LogP contribution is 2.18. The Morgan fingerprint density at radius 1 is 1.21 bits per heavy atom. The normalized spacial score (nSPS) is 16.8. The molecule has 0 radical (unpaired) electrons. The van der Waals surface area contributed by atoms with Crippen molar-refractivity contribution in [2.75, 3.05) is 32.7 Å². The molecule has 1 aliphatic rings. The van der Waals surface area contributed by atoms with Crippen LogP contribution in [0.25, 0.3) is 0 Å². The van der Waals surface area contributed by atoms with E-state index in [4.69, 9.17) is 5.26 Å². The van der Waals surface area contributed by atoms with Crippen LogP contribution in [0, 0.1) is 11.3 Å². The maximum absolute atomic E-state index is 12.6. The minimum Gasteiger partial charge on any atom is -0.353 e. The average molecular weight is 350 g/mol. The van der Waals surface area contributed by atoms with Gasteiger partial charge in [-0.25, -0.2) is 8.42 Å². The Morgan fingerprint density at radius 3 is 2.29 bits per heavy atom. The van der Waals surface area contributed by atoms with Gasteiger partial charge in [-0.05, 0) is 38.1 Å². The first-order valence-electron chi connectivity index (χ1n) is 7.85. The van der Waals surface area contributed by atoms with Crippen molar-refractivity contribution in [2.24, 2.45) is 0 Å². The van der Waals surface area contributed by atoms with Gasteiger partial charge in [0, 0.05) is 32.2 Å². The SMILES string of the molecule is CC(C)NC(=O)CN1CCN(S(=O)(=O)c2ccc(C#N)cc2)CC1. The number of carbonyl (C=O) groups excluding carboxylic acids is 1. The molecular formula is C16H22N4O3S. The summed E-state index contributed by atoms with van der Waals surface area (Å²) in [6.07, 6.45) is 0. The molecule has 1 aromatic rings. The van der Waals surface area contributed by atoms with Gasteiger partial charge in [0.1, 0.15) is 0 Å². The van der Waals surface area contributed by atoms with Crippen LogP contribution in [0.15, 0.2) is 29.2 Å². The molecular weight excluding hydrogens is 328 g/mol. The van der Waals surface area contributed by atoms with Gasteiger partial charge in [0.25, 0.3) is 0 Å². The average Bonchev–Trinajstić information content (AvgIpc) is 2.54. The minimum atomic E-state index is -3.56. The third-order valence-corrected chi connectivity index (χ3v) is 5.68. The van der Waals surface area contributed by atoms with Crippen molar-refractivity contribution >= 4 is 15.9 Å². The van der Waals surface area contributed by atoms with Gasteiger partial charge in [-0.3, -0.25) is 9.69 Å². The van der Waals surface area contributed by atoms with Crippen molar-refractivity contribution in [1.29, 1.82) is 5.26 Å². The highest BCUT2D eigenvalue weighted by Gasteiger charge is 2.29. The monoisotopic (exact) mass is 350 g/mol. The number of sulfonamides is 1. The van der Waals surface area contributed by atoms with Gasteiger partial charge in [-0.2, -0.15) is 9.57 Å². The summed E-state index contributed by atoms with van der Waals surface area (Å²) in [6.45, 7) is 5.81. The topological polar surface area (TPSA) is 93.5 Å². The van der Waals surface area contributed by atoms with Crippen molar-refractivity contribution in [3.63, 3.8) is 0 Å².